The minimum Gasteiger partial charge on any atom is -0.478 e. The van der Waals surface area contributed by atoms with Crippen LogP contribution in [0.2, 0.25) is 0 Å². The summed E-state index contributed by atoms with van der Waals surface area (Å²) in [6, 6.07) is 0. The molecule has 0 aromatic carbocycles. The van der Waals surface area contributed by atoms with Gasteiger partial charge < -0.3 is 14.7 Å². The van der Waals surface area contributed by atoms with E-state index >= 15 is 0 Å². The first-order valence-electron chi connectivity index (χ1n) is 6.98. The molecule has 0 unspecified atom stereocenters. The smallest absolute Gasteiger partial charge is 0.339 e. The Balaban J connectivity index is 2.22. The predicted molar refractivity (Wildman–Crippen MR) is 75.3 cm³/mol. The van der Waals surface area contributed by atoms with Crippen LogP contribution < -0.4 is 4.90 Å². The van der Waals surface area contributed by atoms with E-state index in [1.165, 1.54) is 0 Å². The zero-order valence-corrected chi connectivity index (χ0v) is 12.2. The van der Waals surface area contributed by atoms with Gasteiger partial charge >= 0.3 is 5.97 Å². The van der Waals surface area contributed by atoms with Crippen molar-refractivity contribution >= 4 is 11.8 Å². The molecule has 6 heteroatoms. The fourth-order valence-corrected chi connectivity index (χ4v) is 2.54. The van der Waals surface area contributed by atoms with Crippen molar-refractivity contribution in [2.75, 3.05) is 24.6 Å². The summed E-state index contributed by atoms with van der Waals surface area (Å²) in [5.41, 5.74) is 1.62. The van der Waals surface area contributed by atoms with Crippen LogP contribution in [0.4, 0.5) is 5.82 Å². The monoisotopic (exact) mass is 279 g/mol. The predicted octanol–water partition coefficient (Wildman–Crippen LogP) is 1.80. The fraction of sp³-hybridized carbons (Fsp3) is 0.643. The number of hydrogen-bond donors (Lipinski definition) is 1. The van der Waals surface area contributed by atoms with Crippen molar-refractivity contribution in [3.8, 4) is 0 Å². The summed E-state index contributed by atoms with van der Waals surface area (Å²) in [5.74, 6) is -0.460. The summed E-state index contributed by atoms with van der Waals surface area (Å²) in [6.45, 7) is 7.77. The van der Waals surface area contributed by atoms with E-state index in [-0.39, 0.29) is 11.7 Å². The number of aromatic carboxylic acids is 1. The molecular formula is C14H21N3O3. The zero-order valence-electron chi connectivity index (χ0n) is 12.2. The summed E-state index contributed by atoms with van der Waals surface area (Å²) >= 11 is 0. The molecule has 0 aliphatic carbocycles. The van der Waals surface area contributed by atoms with Gasteiger partial charge in [0, 0.05) is 19.7 Å². The van der Waals surface area contributed by atoms with Gasteiger partial charge in [-0.15, -0.1) is 5.10 Å². The SMILES string of the molecule is CCOC1CCN(c2nnc(C)c(C)c2C(=O)O)CC1. The Hall–Kier alpha value is -1.69. The van der Waals surface area contributed by atoms with Crippen LogP contribution in [-0.4, -0.2) is 47.1 Å². The van der Waals surface area contributed by atoms with Gasteiger partial charge in [0.2, 0.25) is 0 Å². The maximum absolute atomic E-state index is 11.5. The maximum atomic E-state index is 11.5. The molecule has 0 atom stereocenters. The number of carbonyl (C=O) groups is 1. The van der Waals surface area contributed by atoms with Gasteiger partial charge in [0.1, 0.15) is 5.56 Å². The third kappa shape index (κ3) is 2.90. The minimum atomic E-state index is -0.942. The molecule has 1 aromatic rings. The first-order chi connectivity index (χ1) is 9.54. The lowest BCUT2D eigenvalue weighted by Crippen LogP contribution is -2.38. The highest BCUT2D eigenvalue weighted by Crippen LogP contribution is 2.25. The van der Waals surface area contributed by atoms with Crippen LogP contribution in [0.1, 0.15) is 41.4 Å². The number of rotatable bonds is 4. The molecule has 1 saturated heterocycles. The third-order valence-electron chi connectivity index (χ3n) is 3.79. The first kappa shape index (κ1) is 14.7. The van der Waals surface area contributed by atoms with Gasteiger partial charge in [-0.25, -0.2) is 4.79 Å². The Labute approximate surface area is 118 Å². The summed E-state index contributed by atoms with van der Waals surface area (Å²) in [7, 11) is 0. The molecule has 1 aliphatic rings. The standard InChI is InChI=1S/C14H21N3O3/c1-4-20-11-5-7-17(8-6-11)13-12(14(18)19)9(2)10(3)15-16-13/h11H,4-8H2,1-3H3,(H,18,19). The first-order valence-corrected chi connectivity index (χ1v) is 6.98. The molecule has 0 spiro atoms. The largest absolute Gasteiger partial charge is 0.478 e. The lowest BCUT2D eigenvalue weighted by Gasteiger charge is -2.33. The molecule has 6 nitrogen and oxygen atoms in total. The summed E-state index contributed by atoms with van der Waals surface area (Å²) < 4.78 is 5.61. The summed E-state index contributed by atoms with van der Waals surface area (Å²) in [5, 5.41) is 17.6. The van der Waals surface area contributed by atoms with E-state index < -0.39 is 5.97 Å². The van der Waals surface area contributed by atoms with Crippen LogP contribution >= 0.6 is 0 Å². The van der Waals surface area contributed by atoms with Crippen molar-refractivity contribution in [3.63, 3.8) is 0 Å². The number of nitrogens with zero attached hydrogens (tertiary/aromatic N) is 3. The maximum Gasteiger partial charge on any atom is 0.339 e. The number of aryl methyl sites for hydroxylation is 1. The van der Waals surface area contributed by atoms with Crippen LogP contribution in [0.3, 0.4) is 0 Å². The number of carboxylic acids is 1. The molecule has 1 N–H and O–H groups in total. The quantitative estimate of drug-likeness (QED) is 0.905. The number of anilines is 1. The lowest BCUT2D eigenvalue weighted by atomic mass is 10.0. The lowest BCUT2D eigenvalue weighted by molar-refractivity contribution is 0.0457. The van der Waals surface area contributed by atoms with Crippen molar-refractivity contribution in [1.82, 2.24) is 10.2 Å². The molecule has 1 aromatic heterocycles. The molecule has 0 saturated carbocycles. The van der Waals surface area contributed by atoms with E-state index in [9.17, 15) is 9.90 Å². The number of hydrogen-bond acceptors (Lipinski definition) is 5. The minimum absolute atomic E-state index is 0.268. The van der Waals surface area contributed by atoms with Crippen molar-refractivity contribution < 1.29 is 14.6 Å². The van der Waals surface area contributed by atoms with Crippen LogP contribution in [0.5, 0.6) is 0 Å². The molecule has 0 bridgehead atoms. The zero-order chi connectivity index (χ0) is 14.7. The number of aromatic nitrogens is 2. The van der Waals surface area contributed by atoms with Gasteiger partial charge in [0.25, 0.3) is 0 Å². The van der Waals surface area contributed by atoms with Gasteiger partial charge in [-0.2, -0.15) is 5.10 Å². The highest BCUT2D eigenvalue weighted by Gasteiger charge is 2.26. The van der Waals surface area contributed by atoms with E-state index in [0.29, 0.717) is 23.7 Å². The average molecular weight is 279 g/mol. The Morgan fingerprint density at radius 2 is 2.00 bits per heavy atom. The molecule has 0 radical (unpaired) electrons. The van der Waals surface area contributed by atoms with Crippen molar-refractivity contribution in [2.24, 2.45) is 0 Å². The van der Waals surface area contributed by atoms with E-state index in [4.69, 9.17) is 4.74 Å². The third-order valence-corrected chi connectivity index (χ3v) is 3.79. The van der Waals surface area contributed by atoms with Gasteiger partial charge in [0.15, 0.2) is 5.82 Å². The van der Waals surface area contributed by atoms with Crippen LogP contribution in [0.15, 0.2) is 0 Å². The van der Waals surface area contributed by atoms with Crippen LogP contribution in [-0.2, 0) is 4.74 Å². The molecule has 2 heterocycles. The van der Waals surface area contributed by atoms with Crippen LogP contribution in [0.25, 0.3) is 0 Å². The second-order valence-electron chi connectivity index (χ2n) is 5.06. The number of piperidine rings is 1. The Kier molecular flexibility index (Phi) is 4.54. The molecule has 2 rings (SSSR count). The van der Waals surface area contributed by atoms with Gasteiger partial charge in [-0.3, -0.25) is 0 Å². The summed E-state index contributed by atoms with van der Waals surface area (Å²) in [6.07, 6.45) is 2.05. The normalized spacial score (nSPS) is 16.4. The molecule has 1 aliphatic heterocycles. The topological polar surface area (TPSA) is 75.5 Å². The number of ether oxygens (including phenoxy) is 1. The van der Waals surface area contributed by atoms with E-state index in [1.807, 2.05) is 11.8 Å². The van der Waals surface area contributed by atoms with E-state index in [2.05, 4.69) is 10.2 Å². The Morgan fingerprint density at radius 1 is 1.35 bits per heavy atom. The molecular weight excluding hydrogens is 258 g/mol. The van der Waals surface area contributed by atoms with Gasteiger partial charge in [-0.1, -0.05) is 0 Å². The van der Waals surface area contributed by atoms with Crippen molar-refractivity contribution in [2.45, 2.75) is 39.7 Å². The highest BCUT2D eigenvalue weighted by atomic mass is 16.5. The summed E-state index contributed by atoms with van der Waals surface area (Å²) in [4.78, 5) is 13.5. The van der Waals surface area contributed by atoms with Gasteiger partial charge in [0.05, 0.1) is 11.8 Å². The molecule has 20 heavy (non-hydrogen) atoms. The molecule has 0 amide bonds. The van der Waals surface area contributed by atoms with Crippen molar-refractivity contribution in [3.05, 3.63) is 16.8 Å². The highest BCUT2D eigenvalue weighted by molar-refractivity contribution is 5.95. The Bertz CT molecular complexity index is 497. The van der Waals surface area contributed by atoms with E-state index in [0.717, 1.165) is 25.9 Å². The average Bonchev–Trinajstić information content (AvgIpc) is 2.42. The van der Waals surface area contributed by atoms with Gasteiger partial charge in [-0.05, 0) is 39.2 Å². The second-order valence-corrected chi connectivity index (χ2v) is 5.06. The van der Waals surface area contributed by atoms with E-state index in [1.54, 1.807) is 13.8 Å². The Morgan fingerprint density at radius 3 is 2.55 bits per heavy atom. The fourth-order valence-electron chi connectivity index (χ4n) is 2.54. The number of carboxylic acid groups (broad SMARTS) is 1. The van der Waals surface area contributed by atoms with Crippen molar-refractivity contribution in [1.29, 1.82) is 0 Å². The molecule has 1 fully saturated rings. The second kappa shape index (κ2) is 6.17. The van der Waals surface area contributed by atoms with Crippen LogP contribution in [0, 0.1) is 13.8 Å². The molecule has 110 valence electrons.